The van der Waals surface area contributed by atoms with E-state index in [0.29, 0.717) is 13.0 Å². The van der Waals surface area contributed by atoms with Gasteiger partial charge in [0.25, 0.3) is 0 Å². The van der Waals surface area contributed by atoms with E-state index in [1.807, 2.05) is 19.9 Å². The lowest BCUT2D eigenvalue weighted by molar-refractivity contribution is -0.122. The third-order valence-corrected chi connectivity index (χ3v) is 4.13. The Morgan fingerprint density at radius 3 is 2.67 bits per heavy atom. The monoisotopic (exact) mass is 354 g/mol. The van der Waals surface area contributed by atoms with Gasteiger partial charge in [0.2, 0.25) is 5.91 Å². The molecule has 3 N–H and O–H groups in total. The molecule has 0 aliphatic rings. The van der Waals surface area contributed by atoms with Gasteiger partial charge in [-0.15, -0.1) is 23.7 Å². The lowest BCUT2D eigenvalue weighted by Crippen LogP contribution is -2.48. The first kappa shape index (κ1) is 17.9. The Morgan fingerprint density at radius 2 is 2.17 bits per heavy atom. The maximum absolute atomic E-state index is 11.6. The van der Waals surface area contributed by atoms with E-state index in [1.165, 1.54) is 4.88 Å². The Labute approximate surface area is 127 Å². The topological polar surface area (TPSA) is 55.1 Å². The minimum Gasteiger partial charge on any atom is -0.350 e. The van der Waals surface area contributed by atoms with Crippen molar-refractivity contribution in [3.63, 3.8) is 0 Å². The van der Waals surface area contributed by atoms with Gasteiger partial charge in [0.05, 0.1) is 3.79 Å². The van der Waals surface area contributed by atoms with Crippen LogP contribution in [-0.4, -0.2) is 18.0 Å². The number of amides is 1. The van der Waals surface area contributed by atoms with Crippen molar-refractivity contribution >= 4 is 45.6 Å². The van der Waals surface area contributed by atoms with Crippen LogP contribution >= 0.6 is 39.7 Å². The summed E-state index contributed by atoms with van der Waals surface area (Å²) in [7, 11) is 0. The van der Waals surface area contributed by atoms with Crippen molar-refractivity contribution in [2.75, 3.05) is 6.54 Å². The van der Waals surface area contributed by atoms with E-state index in [1.54, 1.807) is 11.3 Å². The molecule has 1 aromatic rings. The van der Waals surface area contributed by atoms with Crippen LogP contribution in [0.3, 0.4) is 0 Å². The third-order valence-electron chi connectivity index (χ3n) is 2.44. The lowest BCUT2D eigenvalue weighted by atomic mass is 10.1. The van der Waals surface area contributed by atoms with E-state index in [-0.39, 0.29) is 23.9 Å². The van der Waals surface area contributed by atoms with Crippen LogP contribution in [0.1, 0.15) is 31.6 Å². The molecule has 1 rings (SSSR count). The predicted octanol–water partition coefficient (Wildman–Crippen LogP) is 3.11. The molecule has 104 valence electrons. The van der Waals surface area contributed by atoms with Crippen LogP contribution in [0.2, 0.25) is 0 Å². The highest BCUT2D eigenvalue weighted by Gasteiger charge is 2.17. The fourth-order valence-electron chi connectivity index (χ4n) is 1.40. The lowest BCUT2D eigenvalue weighted by Gasteiger charge is -2.24. The van der Waals surface area contributed by atoms with Crippen LogP contribution in [0.25, 0.3) is 0 Å². The normalized spacial score (nSPS) is 10.9. The van der Waals surface area contributed by atoms with E-state index < -0.39 is 0 Å². The molecule has 0 unspecified atom stereocenters. The Balaban J connectivity index is 0.00000289. The van der Waals surface area contributed by atoms with Gasteiger partial charge in [-0.3, -0.25) is 4.79 Å². The largest absolute Gasteiger partial charge is 0.350 e. The fourth-order valence-corrected chi connectivity index (χ4v) is 2.93. The molecular formula is C12H20BrClN2OS. The fraction of sp³-hybridized carbons (Fsp3) is 0.583. The number of rotatable bonds is 6. The second kappa shape index (κ2) is 8.15. The van der Waals surface area contributed by atoms with E-state index in [9.17, 15) is 4.79 Å². The van der Waals surface area contributed by atoms with E-state index in [4.69, 9.17) is 5.73 Å². The molecule has 6 heteroatoms. The molecule has 18 heavy (non-hydrogen) atoms. The number of hydrogen-bond donors (Lipinski definition) is 2. The number of nitrogens with two attached hydrogens (primary N) is 1. The SMILES string of the molecule is CC(C)(CN)NC(=O)CCCc1ccc(Br)s1.Cl. The summed E-state index contributed by atoms with van der Waals surface area (Å²) in [5.41, 5.74) is 5.26. The smallest absolute Gasteiger partial charge is 0.220 e. The maximum atomic E-state index is 11.6. The van der Waals surface area contributed by atoms with Crippen LogP contribution in [-0.2, 0) is 11.2 Å². The zero-order valence-corrected chi connectivity index (χ0v) is 13.9. The summed E-state index contributed by atoms with van der Waals surface area (Å²) in [5, 5.41) is 2.93. The Morgan fingerprint density at radius 1 is 1.50 bits per heavy atom. The molecule has 0 atom stereocenters. The van der Waals surface area contributed by atoms with Crippen molar-refractivity contribution in [1.82, 2.24) is 5.32 Å². The molecule has 1 aromatic heterocycles. The molecule has 0 radical (unpaired) electrons. The highest BCUT2D eigenvalue weighted by Crippen LogP contribution is 2.23. The average molecular weight is 356 g/mol. The van der Waals surface area contributed by atoms with Gasteiger partial charge in [-0.2, -0.15) is 0 Å². The summed E-state index contributed by atoms with van der Waals surface area (Å²) >= 11 is 5.15. The molecule has 0 spiro atoms. The number of halogens is 2. The number of carbonyl (C=O) groups excluding carboxylic acids is 1. The number of aryl methyl sites for hydroxylation is 1. The summed E-state index contributed by atoms with van der Waals surface area (Å²) < 4.78 is 1.14. The number of thiophene rings is 1. The third kappa shape index (κ3) is 6.73. The number of nitrogens with one attached hydrogen (secondary N) is 1. The molecule has 0 saturated carbocycles. The van der Waals surface area contributed by atoms with Crippen molar-refractivity contribution in [1.29, 1.82) is 0 Å². The van der Waals surface area contributed by atoms with Crippen molar-refractivity contribution in [2.24, 2.45) is 5.73 Å². The van der Waals surface area contributed by atoms with Gasteiger partial charge in [-0.25, -0.2) is 0 Å². The standard InChI is InChI=1S/C12H19BrN2OS.ClH/c1-12(2,8-14)15-11(16)5-3-4-9-6-7-10(13)17-9;/h6-7H,3-5,8,14H2,1-2H3,(H,15,16);1H. The van der Waals surface area contributed by atoms with Crippen LogP contribution in [0.15, 0.2) is 15.9 Å². The van der Waals surface area contributed by atoms with Gasteiger partial charge in [-0.1, -0.05) is 0 Å². The molecule has 0 aliphatic heterocycles. The van der Waals surface area contributed by atoms with Crippen LogP contribution in [0.4, 0.5) is 0 Å². The van der Waals surface area contributed by atoms with Crippen LogP contribution in [0.5, 0.6) is 0 Å². The van der Waals surface area contributed by atoms with Gasteiger partial charge in [0, 0.05) is 23.4 Å². The van der Waals surface area contributed by atoms with Gasteiger partial charge >= 0.3 is 0 Å². The van der Waals surface area contributed by atoms with E-state index in [0.717, 1.165) is 16.6 Å². The number of hydrogen-bond acceptors (Lipinski definition) is 3. The minimum absolute atomic E-state index is 0. The average Bonchev–Trinajstić information content (AvgIpc) is 2.63. The molecule has 0 aliphatic carbocycles. The zero-order valence-electron chi connectivity index (χ0n) is 10.7. The van der Waals surface area contributed by atoms with Crippen LogP contribution < -0.4 is 11.1 Å². The summed E-state index contributed by atoms with van der Waals surface area (Å²) in [6, 6.07) is 4.13. The quantitative estimate of drug-likeness (QED) is 0.824. The Kier molecular flexibility index (Phi) is 8.10. The van der Waals surface area contributed by atoms with Gasteiger partial charge in [-0.05, 0) is 54.8 Å². The molecule has 0 bridgehead atoms. The maximum Gasteiger partial charge on any atom is 0.220 e. The van der Waals surface area contributed by atoms with E-state index >= 15 is 0 Å². The van der Waals surface area contributed by atoms with Crippen molar-refractivity contribution in [2.45, 2.75) is 38.6 Å². The van der Waals surface area contributed by atoms with Crippen molar-refractivity contribution in [3.05, 3.63) is 20.8 Å². The van der Waals surface area contributed by atoms with Crippen LogP contribution in [0, 0.1) is 0 Å². The predicted molar refractivity (Wildman–Crippen MR) is 83.5 cm³/mol. The summed E-state index contributed by atoms with van der Waals surface area (Å²) in [6.45, 7) is 4.32. The second-order valence-electron chi connectivity index (χ2n) is 4.70. The Hall–Kier alpha value is -0.100. The first-order valence-electron chi connectivity index (χ1n) is 5.68. The van der Waals surface area contributed by atoms with Gasteiger partial charge in [0.1, 0.15) is 0 Å². The molecule has 0 saturated heterocycles. The molecule has 0 aromatic carbocycles. The molecular weight excluding hydrogens is 336 g/mol. The van der Waals surface area contributed by atoms with Gasteiger partial charge < -0.3 is 11.1 Å². The number of carbonyl (C=O) groups is 1. The van der Waals surface area contributed by atoms with Gasteiger partial charge in [0.15, 0.2) is 0 Å². The summed E-state index contributed by atoms with van der Waals surface area (Å²) in [6.07, 6.45) is 2.38. The minimum atomic E-state index is -0.303. The molecule has 3 nitrogen and oxygen atoms in total. The van der Waals surface area contributed by atoms with E-state index in [2.05, 4.69) is 27.3 Å². The second-order valence-corrected chi connectivity index (χ2v) is 7.24. The summed E-state index contributed by atoms with van der Waals surface area (Å²) in [4.78, 5) is 12.9. The highest BCUT2D eigenvalue weighted by molar-refractivity contribution is 9.11. The zero-order chi connectivity index (χ0) is 12.9. The Bertz CT molecular complexity index is 382. The van der Waals surface area contributed by atoms with Crippen molar-refractivity contribution in [3.8, 4) is 0 Å². The molecule has 1 amide bonds. The highest BCUT2D eigenvalue weighted by atomic mass is 79.9. The summed E-state index contributed by atoms with van der Waals surface area (Å²) in [5.74, 6) is 0.0797. The molecule has 0 fully saturated rings. The first-order chi connectivity index (χ1) is 7.93. The van der Waals surface area contributed by atoms with Crippen molar-refractivity contribution < 1.29 is 4.79 Å². The first-order valence-corrected chi connectivity index (χ1v) is 7.29. The molecule has 1 heterocycles.